The summed E-state index contributed by atoms with van der Waals surface area (Å²) in [5, 5.41) is 0. The van der Waals surface area contributed by atoms with E-state index in [0.29, 0.717) is 18.0 Å². The molecule has 1 fully saturated rings. The van der Waals surface area contributed by atoms with Crippen molar-refractivity contribution in [3.05, 3.63) is 18.2 Å². The number of hydrogen-bond donors (Lipinski definition) is 2. The van der Waals surface area contributed by atoms with Crippen LogP contribution >= 0.6 is 11.8 Å². The molecule has 3 N–H and O–H groups in total. The third-order valence-electron chi connectivity index (χ3n) is 4.01. The van der Waals surface area contributed by atoms with Crippen LogP contribution in [0.1, 0.15) is 25.7 Å². The summed E-state index contributed by atoms with van der Waals surface area (Å²) >= 11 is 1.75. The zero-order chi connectivity index (χ0) is 15.5. The number of anilines is 1. The smallest absolute Gasteiger partial charge is 0.244 e. The number of sulfonamides is 1. The molecule has 7 heteroatoms. The molecule has 0 atom stereocenters. The van der Waals surface area contributed by atoms with E-state index in [1.165, 1.54) is 13.2 Å². The highest BCUT2D eigenvalue weighted by atomic mass is 32.2. The number of benzene rings is 1. The van der Waals surface area contributed by atoms with Crippen LogP contribution in [0.3, 0.4) is 0 Å². The Morgan fingerprint density at radius 3 is 2.62 bits per heavy atom. The number of rotatable bonds is 6. The number of nitrogen functional groups attached to an aromatic ring is 1. The molecule has 0 radical (unpaired) electrons. The van der Waals surface area contributed by atoms with Gasteiger partial charge >= 0.3 is 0 Å². The zero-order valence-corrected chi connectivity index (χ0v) is 14.0. The molecule has 1 aliphatic carbocycles. The summed E-state index contributed by atoms with van der Waals surface area (Å²) < 4.78 is 32.9. The molecule has 0 aliphatic heterocycles. The first-order valence-corrected chi connectivity index (χ1v) is 9.62. The fourth-order valence-corrected chi connectivity index (χ4v) is 5.01. The molecule has 0 spiro atoms. The molecule has 5 nitrogen and oxygen atoms in total. The van der Waals surface area contributed by atoms with Crippen molar-refractivity contribution in [3.8, 4) is 5.75 Å². The highest BCUT2D eigenvalue weighted by molar-refractivity contribution is 8.00. The first-order chi connectivity index (χ1) is 9.92. The van der Waals surface area contributed by atoms with Crippen LogP contribution < -0.4 is 15.2 Å². The second-order valence-corrected chi connectivity index (χ2v) is 8.34. The Balaban J connectivity index is 2.20. The summed E-state index contributed by atoms with van der Waals surface area (Å²) in [6.07, 6.45) is 6.45. The lowest BCUT2D eigenvalue weighted by Crippen LogP contribution is -2.38. The van der Waals surface area contributed by atoms with Crippen molar-refractivity contribution >= 4 is 27.5 Å². The minimum atomic E-state index is -3.63. The number of nitrogens with two attached hydrogens (primary N) is 1. The van der Waals surface area contributed by atoms with Gasteiger partial charge in [0.2, 0.25) is 10.0 Å². The molecule has 0 unspecified atom stereocenters. The molecule has 0 aromatic heterocycles. The number of hydrogen-bond acceptors (Lipinski definition) is 5. The Morgan fingerprint density at radius 1 is 1.38 bits per heavy atom. The summed E-state index contributed by atoms with van der Waals surface area (Å²) in [5.74, 6) is 0.307. The Bertz CT molecular complexity index is 596. The van der Waals surface area contributed by atoms with Gasteiger partial charge in [0.25, 0.3) is 0 Å². The maximum absolute atomic E-state index is 12.5. The molecule has 0 heterocycles. The first kappa shape index (κ1) is 16.5. The lowest BCUT2D eigenvalue weighted by Gasteiger charge is -2.27. The molecule has 0 bridgehead atoms. The predicted molar refractivity (Wildman–Crippen MR) is 87.3 cm³/mol. The van der Waals surface area contributed by atoms with Crippen molar-refractivity contribution in [1.29, 1.82) is 0 Å². The van der Waals surface area contributed by atoms with E-state index in [4.69, 9.17) is 10.5 Å². The zero-order valence-electron chi connectivity index (χ0n) is 12.4. The summed E-state index contributed by atoms with van der Waals surface area (Å²) in [6, 6.07) is 4.63. The van der Waals surface area contributed by atoms with Crippen molar-refractivity contribution in [2.45, 2.75) is 35.3 Å². The monoisotopic (exact) mass is 330 g/mol. The summed E-state index contributed by atoms with van der Waals surface area (Å²) in [5.41, 5.74) is 6.10. The molecule has 1 aliphatic rings. The predicted octanol–water partition coefficient (Wildman–Crippen LogP) is 2.23. The summed E-state index contributed by atoms with van der Waals surface area (Å²) in [7, 11) is -2.18. The van der Waals surface area contributed by atoms with E-state index in [0.717, 1.165) is 25.7 Å². The minimum Gasteiger partial charge on any atom is -0.495 e. The number of nitrogens with one attached hydrogen (secondary N) is 1. The van der Waals surface area contributed by atoms with Crippen molar-refractivity contribution in [3.63, 3.8) is 0 Å². The van der Waals surface area contributed by atoms with Gasteiger partial charge in [0, 0.05) is 17.0 Å². The molecular weight excluding hydrogens is 308 g/mol. The van der Waals surface area contributed by atoms with Crippen LogP contribution in [-0.2, 0) is 10.0 Å². The van der Waals surface area contributed by atoms with Gasteiger partial charge in [-0.2, -0.15) is 11.8 Å². The maximum Gasteiger partial charge on any atom is 0.244 e. The second kappa shape index (κ2) is 6.46. The van der Waals surface area contributed by atoms with Gasteiger partial charge in [-0.15, -0.1) is 0 Å². The molecular formula is C14H22N2O3S2. The van der Waals surface area contributed by atoms with E-state index < -0.39 is 10.0 Å². The minimum absolute atomic E-state index is 0.0145. The van der Waals surface area contributed by atoms with Gasteiger partial charge in [-0.25, -0.2) is 13.1 Å². The van der Waals surface area contributed by atoms with Gasteiger partial charge in [0.1, 0.15) is 10.6 Å². The normalized spacial score (nSPS) is 17.8. The molecule has 0 saturated heterocycles. The number of methoxy groups -OCH3 is 1. The van der Waals surface area contributed by atoms with E-state index in [1.807, 2.05) is 6.26 Å². The van der Waals surface area contributed by atoms with Gasteiger partial charge in [0.05, 0.1) is 7.11 Å². The Morgan fingerprint density at radius 2 is 2.05 bits per heavy atom. The van der Waals surface area contributed by atoms with E-state index in [9.17, 15) is 8.42 Å². The Hall–Kier alpha value is -0.920. The summed E-state index contributed by atoms with van der Waals surface area (Å²) in [6.45, 7) is 0.439. The van der Waals surface area contributed by atoms with Crippen molar-refractivity contribution in [2.75, 3.05) is 25.6 Å². The summed E-state index contributed by atoms with van der Waals surface area (Å²) in [4.78, 5) is 0.0965. The van der Waals surface area contributed by atoms with E-state index in [-0.39, 0.29) is 9.64 Å². The van der Waals surface area contributed by atoms with Gasteiger partial charge in [-0.3, -0.25) is 0 Å². The molecule has 1 saturated carbocycles. The average molecular weight is 330 g/mol. The van der Waals surface area contributed by atoms with Crippen molar-refractivity contribution in [2.24, 2.45) is 0 Å². The van der Waals surface area contributed by atoms with E-state index >= 15 is 0 Å². The highest BCUT2D eigenvalue weighted by Gasteiger charge is 2.34. The SMILES string of the molecule is COc1ccc(N)cc1S(=O)(=O)NCC1(SC)CCCC1. The third-order valence-corrected chi connectivity index (χ3v) is 6.85. The molecule has 1 aromatic carbocycles. The standard InChI is InChI=1S/C14H22N2O3S2/c1-19-12-6-5-11(15)9-13(12)21(17,18)16-10-14(20-2)7-3-4-8-14/h5-6,9,16H,3-4,7-8,10,15H2,1-2H3. The Kier molecular flexibility index (Phi) is 5.06. The highest BCUT2D eigenvalue weighted by Crippen LogP contribution is 2.40. The number of ether oxygens (including phenoxy) is 1. The lowest BCUT2D eigenvalue weighted by atomic mass is 10.1. The quantitative estimate of drug-likeness (QED) is 0.782. The van der Waals surface area contributed by atoms with Crippen molar-refractivity contribution < 1.29 is 13.2 Å². The van der Waals surface area contributed by atoms with Crippen LogP contribution in [0.15, 0.2) is 23.1 Å². The molecule has 1 aromatic rings. The molecule has 21 heavy (non-hydrogen) atoms. The molecule has 2 rings (SSSR count). The van der Waals surface area contributed by atoms with Crippen LogP contribution in [0.4, 0.5) is 5.69 Å². The second-order valence-electron chi connectivity index (χ2n) is 5.33. The van der Waals surface area contributed by atoms with Crippen molar-refractivity contribution in [1.82, 2.24) is 4.72 Å². The topological polar surface area (TPSA) is 81.4 Å². The largest absolute Gasteiger partial charge is 0.495 e. The van der Waals surface area contributed by atoms with Crippen LogP contribution in [0.5, 0.6) is 5.75 Å². The van der Waals surface area contributed by atoms with Crippen LogP contribution in [0.2, 0.25) is 0 Å². The van der Waals surface area contributed by atoms with Gasteiger partial charge < -0.3 is 10.5 Å². The third kappa shape index (κ3) is 3.64. The first-order valence-electron chi connectivity index (χ1n) is 6.91. The van der Waals surface area contributed by atoms with Gasteiger partial charge in [-0.1, -0.05) is 12.8 Å². The van der Waals surface area contributed by atoms with Gasteiger partial charge in [-0.05, 0) is 37.3 Å². The Labute approximate surface area is 130 Å². The van der Waals surface area contributed by atoms with E-state index in [2.05, 4.69) is 4.72 Å². The fourth-order valence-electron chi connectivity index (χ4n) is 2.68. The van der Waals surface area contributed by atoms with E-state index in [1.54, 1.807) is 23.9 Å². The van der Waals surface area contributed by atoms with Crippen LogP contribution in [-0.4, -0.2) is 33.1 Å². The molecule has 0 amide bonds. The van der Waals surface area contributed by atoms with Crippen LogP contribution in [0, 0.1) is 0 Å². The van der Waals surface area contributed by atoms with Crippen LogP contribution in [0.25, 0.3) is 0 Å². The fraction of sp³-hybridized carbons (Fsp3) is 0.571. The number of thioether (sulfide) groups is 1. The van der Waals surface area contributed by atoms with Gasteiger partial charge in [0.15, 0.2) is 0 Å². The lowest BCUT2D eigenvalue weighted by molar-refractivity contribution is 0.402. The molecule has 118 valence electrons. The maximum atomic E-state index is 12.5. The average Bonchev–Trinajstić information content (AvgIpc) is 2.95.